The van der Waals surface area contributed by atoms with Crippen LogP contribution in [0.1, 0.15) is 56.2 Å². The largest absolute Gasteiger partial charge is 0.393 e. The fourth-order valence-corrected chi connectivity index (χ4v) is 4.96. The lowest BCUT2D eigenvalue weighted by Gasteiger charge is -2.40. The minimum Gasteiger partial charge on any atom is -0.393 e. The molecule has 1 N–H and O–H groups in total. The average molecular weight is 278 g/mol. The molecule has 4 unspecified atom stereocenters. The van der Waals surface area contributed by atoms with E-state index in [1.807, 2.05) is 11.3 Å². The van der Waals surface area contributed by atoms with Crippen LogP contribution in [0, 0.1) is 17.8 Å². The molecular formula is C17H26OS. The van der Waals surface area contributed by atoms with Crippen LogP contribution in [0.4, 0.5) is 0 Å². The highest BCUT2D eigenvalue weighted by atomic mass is 32.1. The van der Waals surface area contributed by atoms with Gasteiger partial charge in [0.2, 0.25) is 0 Å². The Morgan fingerprint density at radius 3 is 2.79 bits per heavy atom. The zero-order valence-electron chi connectivity index (χ0n) is 11.8. The first-order valence-corrected chi connectivity index (χ1v) is 8.91. The first kappa shape index (κ1) is 13.6. The first-order chi connectivity index (χ1) is 9.33. The fraction of sp³-hybridized carbons (Fsp3) is 0.765. The van der Waals surface area contributed by atoms with Gasteiger partial charge >= 0.3 is 0 Å². The van der Waals surface area contributed by atoms with Gasteiger partial charge in [0.25, 0.3) is 0 Å². The van der Waals surface area contributed by atoms with Gasteiger partial charge in [-0.3, -0.25) is 0 Å². The van der Waals surface area contributed by atoms with Crippen LogP contribution in [0.5, 0.6) is 0 Å². The van der Waals surface area contributed by atoms with Crippen molar-refractivity contribution in [3.63, 3.8) is 0 Å². The Hall–Kier alpha value is -0.340. The highest BCUT2D eigenvalue weighted by molar-refractivity contribution is 7.09. The van der Waals surface area contributed by atoms with Gasteiger partial charge < -0.3 is 5.11 Å². The van der Waals surface area contributed by atoms with Crippen molar-refractivity contribution in [3.8, 4) is 0 Å². The van der Waals surface area contributed by atoms with Crippen LogP contribution in [0.3, 0.4) is 0 Å². The second-order valence-electron chi connectivity index (χ2n) is 6.56. The number of hydrogen-bond acceptors (Lipinski definition) is 2. The molecule has 0 saturated heterocycles. The Labute approximate surface area is 121 Å². The van der Waals surface area contributed by atoms with Crippen LogP contribution in [0.15, 0.2) is 17.5 Å². The third-order valence-corrected chi connectivity index (χ3v) is 6.33. The Kier molecular flexibility index (Phi) is 4.60. The van der Waals surface area contributed by atoms with Gasteiger partial charge in [0.1, 0.15) is 0 Å². The maximum atomic E-state index is 10.5. The monoisotopic (exact) mass is 278 g/mol. The summed E-state index contributed by atoms with van der Waals surface area (Å²) in [5.74, 6) is 2.51. The van der Waals surface area contributed by atoms with Crippen molar-refractivity contribution >= 4 is 11.3 Å². The van der Waals surface area contributed by atoms with Crippen molar-refractivity contribution < 1.29 is 5.11 Å². The molecule has 1 aromatic rings. The second kappa shape index (κ2) is 6.41. The molecule has 0 amide bonds. The predicted octanol–water partition coefficient (Wildman–Crippen LogP) is 4.65. The van der Waals surface area contributed by atoms with E-state index in [1.165, 1.54) is 49.8 Å². The number of fused-ring (bicyclic) bond motifs is 1. The summed E-state index contributed by atoms with van der Waals surface area (Å²) in [5, 5.41) is 12.6. The topological polar surface area (TPSA) is 20.2 Å². The Bertz CT molecular complexity index is 373. The van der Waals surface area contributed by atoms with E-state index in [4.69, 9.17) is 0 Å². The molecule has 2 saturated carbocycles. The second-order valence-corrected chi connectivity index (χ2v) is 7.60. The summed E-state index contributed by atoms with van der Waals surface area (Å²) < 4.78 is 0. The van der Waals surface area contributed by atoms with Crippen LogP contribution in [-0.4, -0.2) is 11.2 Å². The summed E-state index contributed by atoms with van der Waals surface area (Å²) in [4.78, 5) is 1.42. The van der Waals surface area contributed by atoms with E-state index in [9.17, 15) is 5.11 Å². The number of hydrogen-bond donors (Lipinski definition) is 1. The lowest BCUT2D eigenvalue weighted by Crippen LogP contribution is -2.33. The van der Waals surface area contributed by atoms with Crippen molar-refractivity contribution in [2.45, 2.75) is 63.9 Å². The predicted molar refractivity (Wildman–Crippen MR) is 81.4 cm³/mol. The van der Waals surface area contributed by atoms with E-state index >= 15 is 0 Å². The van der Waals surface area contributed by atoms with Crippen LogP contribution >= 0.6 is 11.3 Å². The zero-order chi connectivity index (χ0) is 13.1. The summed E-state index contributed by atoms with van der Waals surface area (Å²) >= 11 is 1.82. The standard InChI is InChI=1S/C17H26OS/c18-17(10-9-16-6-3-11-19-16)15-8-7-13-4-1-2-5-14(13)12-15/h3,6,11,13-15,17-18H,1-2,4-5,7-10,12H2. The molecule has 19 heavy (non-hydrogen) atoms. The molecule has 0 radical (unpaired) electrons. The van der Waals surface area contributed by atoms with E-state index in [-0.39, 0.29) is 6.10 Å². The van der Waals surface area contributed by atoms with Crippen LogP contribution in [-0.2, 0) is 6.42 Å². The summed E-state index contributed by atoms with van der Waals surface area (Å²) in [5.41, 5.74) is 0. The van der Waals surface area contributed by atoms with Gasteiger partial charge in [-0.25, -0.2) is 0 Å². The minimum absolute atomic E-state index is 0.0648. The molecule has 1 aromatic heterocycles. The average Bonchev–Trinajstić information content (AvgIpc) is 2.97. The van der Waals surface area contributed by atoms with Gasteiger partial charge in [0.05, 0.1) is 6.10 Å². The molecule has 4 atom stereocenters. The van der Waals surface area contributed by atoms with Crippen molar-refractivity contribution in [1.82, 2.24) is 0 Å². The lowest BCUT2D eigenvalue weighted by atomic mass is 9.66. The molecule has 0 aromatic carbocycles. The van der Waals surface area contributed by atoms with Gasteiger partial charge in [0.15, 0.2) is 0 Å². The van der Waals surface area contributed by atoms with Crippen molar-refractivity contribution in [1.29, 1.82) is 0 Å². The van der Waals surface area contributed by atoms with Gasteiger partial charge in [-0.2, -0.15) is 0 Å². The van der Waals surface area contributed by atoms with Crippen molar-refractivity contribution in [2.75, 3.05) is 0 Å². The molecule has 0 aliphatic heterocycles. The van der Waals surface area contributed by atoms with E-state index in [1.54, 1.807) is 0 Å². The maximum absolute atomic E-state index is 10.5. The normalized spacial score (nSPS) is 32.8. The third-order valence-electron chi connectivity index (χ3n) is 5.39. The molecular weight excluding hydrogens is 252 g/mol. The van der Waals surface area contributed by atoms with Crippen LogP contribution in [0.2, 0.25) is 0 Å². The summed E-state index contributed by atoms with van der Waals surface area (Å²) in [6.45, 7) is 0. The van der Waals surface area contributed by atoms with E-state index < -0.39 is 0 Å². The van der Waals surface area contributed by atoms with E-state index in [0.29, 0.717) is 5.92 Å². The van der Waals surface area contributed by atoms with E-state index in [0.717, 1.165) is 24.7 Å². The molecule has 2 aliphatic rings. The van der Waals surface area contributed by atoms with Gasteiger partial charge in [0, 0.05) is 4.88 Å². The molecule has 2 aliphatic carbocycles. The number of rotatable bonds is 4. The highest BCUT2D eigenvalue weighted by Crippen LogP contribution is 2.44. The van der Waals surface area contributed by atoms with E-state index in [2.05, 4.69) is 17.5 Å². The molecule has 0 bridgehead atoms. The molecule has 2 fully saturated rings. The third kappa shape index (κ3) is 3.41. The summed E-state index contributed by atoms with van der Waals surface area (Å²) in [6, 6.07) is 4.30. The van der Waals surface area contributed by atoms with Gasteiger partial charge in [-0.15, -0.1) is 11.3 Å². The smallest absolute Gasteiger partial charge is 0.0572 e. The molecule has 1 nitrogen and oxygen atoms in total. The molecule has 1 heterocycles. The lowest BCUT2D eigenvalue weighted by molar-refractivity contribution is 0.0315. The molecule has 2 heteroatoms. The Balaban J connectivity index is 1.48. The summed E-state index contributed by atoms with van der Waals surface area (Å²) in [7, 11) is 0. The number of aryl methyl sites for hydroxylation is 1. The highest BCUT2D eigenvalue weighted by Gasteiger charge is 2.34. The number of aliphatic hydroxyl groups is 1. The zero-order valence-corrected chi connectivity index (χ0v) is 12.6. The molecule has 0 spiro atoms. The Morgan fingerprint density at radius 2 is 2.00 bits per heavy atom. The van der Waals surface area contributed by atoms with Gasteiger partial charge in [-0.05, 0) is 61.3 Å². The fourth-order valence-electron chi connectivity index (χ4n) is 4.24. The molecule has 106 valence electrons. The van der Waals surface area contributed by atoms with Crippen molar-refractivity contribution in [2.24, 2.45) is 17.8 Å². The number of thiophene rings is 1. The van der Waals surface area contributed by atoms with Gasteiger partial charge in [-0.1, -0.05) is 31.7 Å². The van der Waals surface area contributed by atoms with Crippen molar-refractivity contribution in [3.05, 3.63) is 22.4 Å². The quantitative estimate of drug-likeness (QED) is 0.850. The van der Waals surface area contributed by atoms with Crippen LogP contribution in [0.25, 0.3) is 0 Å². The summed E-state index contributed by atoms with van der Waals surface area (Å²) in [6.07, 6.45) is 11.7. The SMILES string of the molecule is OC(CCc1cccs1)C1CCC2CCCCC2C1. The number of aliphatic hydroxyl groups excluding tert-OH is 1. The minimum atomic E-state index is -0.0648. The maximum Gasteiger partial charge on any atom is 0.0572 e. The first-order valence-electron chi connectivity index (χ1n) is 8.03. The van der Waals surface area contributed by atoms with Crippen LogP contribution < -0.4 is 0 Å². The Morgan fingerprint density at radius 1 is 1.16 bits per heavy atom. The molecule has 3 rings (SSSR count).